The van der Waals surface area contributed by atoms with E-state index in [2.05, 4.69) is 9.64 Å². The molecule has 2 aromatic rings. The number of hydrogen-bond donors (Lipinski definition) is 3. The molecule has 2 heterocycles. The number of benzene rings is 1. The lowest BCUT2D eigenvalue weighted by atomic mass is 10.1. The molecule has 2 aliphatic rings. The molecule has 4 N–H and O–H groups in total. The van der Waals surface area contributed by atoms with E-state index in [4.69, 9.17) is 10.8 Å². The molecule has 162 valence electrons. The topological polar surface area (TPSA) is 121 Å². The van der Waals surface area contributed by atoms with Crippen molar-refractivity contribution in [2.24, 2.45) is 5.92 Å². The molecule has 9 nitrogen and oxygen atoms in total. The van der Waals surface area contributed by atoms with E-state index in [1.54, 1.807) is 9.47 Å². The first-order valence-electron chi connectivity index (χ1n) is 9.88. The zero-order chi connectivity index (χ0) is 21.7. The van der Waals surface area contributed by atoms with Crippen LogP contribution in [0.1, 0.15) is 25.3 Å². The van der Waals surface area contributed by atoms with E-state index in [0.29, 0.717) is 19.0 Å². The highest BCUT2D eigenvalue weighted by Crippen LogP contribution is 2.46. The molecule has 4 rings (SSSR count). The van der Waals surface area contributed by atoms with Gasteiger partial charge in [0.25, 0.3) is 0 Å². The van der Waals surface area contributed by atoms with Crippen molar-refractivity contribution in [3.63, 3.8) is 0 Å². The quantitative estimate of drug-likeness (QED) is 0.382. The van der Waals surface area contributed by atoms with E-state index in [1.807, 2.05) is 14.1 Å². The Balaban J connectivity index is 1.90. The highest BCUT2D eigenvalue weighted by Gasteiger charge is 2.34. The molecular formula is C20H25FN4O5. The first kappa shape index (κ1) is 20.3. The predicted octanol–water partition coefficient (Wildman–Crippen LogP) is 2.21. The Hall–Kier alpha value is -3.01. The van der Waals surface area contributed by atoms with Gasteiger partial charge in [0, 0.05) is 25.7 Å². The van der Waals surface area contributed by atoms with E-state index < -0.39 is 28.8 Å². The number of aromatic hydroxyl groups is 1. The average molecular weight is 420 g/mol. The maximum Gasteiger partial charge on any atom is 0.511 e. The highest BCUT2D eigenvalue weighted by atomic mass is 19.1. The van der Waals surface area contributed by atoms with Crippen molar-refractivity contribution in [2.75, 3.05) is 44.4 Å². The molecule has 1 atom stereocenters. The first-order chi connectivity index (χ1) is 14.2. The van der Waals surface area contributed by atoms with Crippen LogP contribution in [0.25, 0.3) is 10.9 Å². The van der Waals surface area contributed by atoms with E-state index in [1.165, 1.54) is 6.20 Å². The number of nitrogens with two attached hydrogens (primary N) is 1. The lowest BCUT2D eigenvalue weighted by molar-refractivity contribution is 0.143. The summed E-state index contributed by atoms with van der Waals surface area (Å²) in [6, 6.07) is -0.0482. The zero-order valence-electron chi connectivity index (χ0n) is 16.9. The second-order valence-electron chi connectivity index (χ2n) is 8.34. The van der Waals surface area contributed by atoms with Crippen LogP contribution < -0.4 is 20.8 Å². The molecule has 1 saturated heterocycles. The van der Waals surface area contributed by atoms with Crippen LogP contribution in [0.5, 0.6) is 11.5 Å². The summed E-state index contributed by atoms with van der Waals surface area (Å²) in [5.41, 5.74) is 4.85. The fourth-order valence-electron chi connectivity index (χ4n) is 4.35. The second-order valence-corrected chi connectivity index (χ2v) is 8.34. The van der Waals surface area contributed by atoms with Crippen molar-refractivity contribution < 1.29 is 24.1 Å². The van der Waals surface area contributed by atoms with Gasteiger partial charge in [-0.15, -0.1) is 0 Å². The number of halogens is 1. The number of phenols is 1. The smallest absolute Gasteiger partial charge is 0.504 e. The number of aromatic nitrogens is 1. The van der Waals surface area contributed by atoms with Crippen molar-refractivity contribution >= 4 is 28.4 Å². The molecular weight excluding hydrogens is 395 g/mol. The van der Waals surface area contributed by atoms with Crippen LogP contribution in [0, 0.1) is 11.7 Å². The first-order valence-corrected chi connectivity index (χ1v) is 9.88. The number of nitrogens with zero attached hydrogens (tertiary/aromatic N) is 3. The predicted molar refractivity (Wildman–Crippen MR) is 110 cm³/mol. The number of hydrogen-bond acceptors (Lipinski definition) is 7. The number of nitrogen functional groups attached to an aromatic ring is 1. The molecule has 0 amide bonds. The Kier molecular flexibility index (Phi) is 4.97. The number of carboxylic acid groups (broad SMARTS) is 1. The molecule has 0 bridgehead atoms. The van der Waals surface area contributed by atoms with Gasteiger partial charge in [0.2, 0.25) is 5.43 Å². The van der Waals surface area contributed by atoms with Crippen molar-refractivity contribution in [3.05, 3.63) is 22.2 Å². The number of fused-ring (bicyclic) bond motifs is 1. The normalized spacial score (nSPS) is 19.1. The molecule has 1 aromatic carbocycles. The van der Waals surface area contributed by atoms with Gasteiger partial charge in [0.15, 0.2) is 17.3 Å². The van der Waals surface area contributed by atoms with Crippen molar-refractivity contribution in [1.82, 2.24) is 9.47 Å². The minimum Gasteiger partial charge on any atom is -0.504 e. The molecule has 1 aromatic heterocycles. The third-order valence-corrected chi connectivity index (χ3v) is 5.73. The van der Waals surface area contributed by atoms with Crippen LogP contribution in [0.15, 0.2) is 11.0 Å². The van der Waals surface area contributed by atoms with Gasteiger partial charge in [-0.1, -0.05) is 0 Å². The monoisotopic (exact) mass is 420 g/mol. The number of pyridine rings is 1. The summed E-state index contributed by atoms with van der Waals surface area (Å²) in [5.74, 6) is -1.38. The van der Waals surface area contributed by atoms with Crippen molar-refractivity contribution in [2.45, 2.75) is 25.3 Å². The third-order valence-electron chi connectivity index (χ3n) is 5.73. The van der Waals surface area contributed by atoms with E-state index in [9.17, 15) is 14.7 Å². The standard InChI is InChI=1S/C20H25FN4O5/c1-23(2)7-10-5-6-24(8-10)17-14(21)15(22)13-16(19(17)27)25(11-3-4-11)9-12(18(13)26)30-20(28)29/h9-11,27H,3-8,22H2,1-2H3,(H,28,29). The van der Waals surface area contributed by atoms with Crippen LogP contribution in [0.3, 0.4) is 0 Å². The van der Waals surface area contributed by atoms with Gasteiger partial charge >= 0.3 is 6.16 Å². The summed E-state index contributed by atoms with van der Waals surface area (Å²) in [7, 11) is 3.94. The Labute approximate surface area is 172 Å². The Morgan fingerprint density at radius 3 is 2.67 bits per heavy atom. The van der Waals surface area contributed by atoms with Crippen LogP contribution in [0.2, 0.25) is 0 Å². The molecule has 1 aliphatic heterocycles. The van der Waals surface area contributed by atoms with E-state index >= 15 is 4.39 Å². The summed E-state index contributed by atoms with van der Waals surface area (Å²) >= 11 is 0. The van der Waals surface area contributed by atoms with Gasteiger partial charge in [-0.3, -0.25) is 4.79 Å². The van der Waals surface area contributed by atoms with Gasteiger partial charge in [-0.2, -0.15) is 0 Å². The summed E-state index contributed by atoms with van der Waals surface area (Å²) in [4.78, 5) is 27.6. The molecule has 1 unspecified atom stereocenters. The lowest BCUT2D eigenvalue weighted by Crippen LogP contribution is -2.27. The maximum absolute atomic E-state index is 15.3. The summed E-state index contributed by atoms with van der Waals surface area (Å²) < 4.78 is 21.5. The van der Waals surface area contributed by atoms with E-state index in [-0.39, 0.29) is 28.4 Å². The SMILES string of the molecule is CN(C)CC1CCN(c2c(F)c(N)c3c(=O)c(OC(=O)O)cn(C4CC4)c3c2O)C1. The number of carbonyl (C=O) groups is 1. The number of phenolic OH excluding ortho intramolecular Hbond substituents is 1. The summed E-state index contributed by atoms with van der Waals surface area (Å²) in [6.45, 7) is 1.95. The van der Waals surface area contributed by atoms with Gasteiger partial charge < -0.3 is 35.1 Å². The van der Waals surface area contributed by atoms with Gasteiger partial charge in [-0.05, 0) is 39.3 Å². The lowest BCUT2D eigenvalue weighted by Gasteiger charge is -2.24. The highest BCUT2D eigenvalue weighted by molar-refractivity contribution is 6.00. The zero-order valence-corrected chi connectivity index (χ0v) is 16.9. The molecule has 1 aliphatic carbocycles. The molecule has 2 fully saturated rings. The van der Waals surface area contributed by atoms with E-state index in [0.717, 1.165) is 25.8 Å². The molecule has 0 radical (unpaired) electrons. The largest absolute Gasteiger partial charge is 0.511 e. The van der Waals surface area contributed by atoms with Gasteiger partial charge in [0.05, 0.1) is 22.8 Å². The number of anilines is 2. The van der Waals surface area contributed by atoms with Crippen LogP contribution in [0.4, 0.5) is 20.6 Å². The van der Waals surface area contributed by atoms with Crippen LogP contribution in [-0.4, -0.2) is 59.6 Å². The van der Waals surface area contributed by atoms with Gasteiger partial charge in [0.1, 0.15) is 5.69 Å². The minimum absolute atomic E-state index is 0.0121. The Morgan fingerprint density at radius 2 is 2.07 bits per heavy atom. The summed E-state index contributed by atoms with van der Waals surface area (Å²) in [6.07, 6.45) is 2.01. The van der Waals surface area contributed by atoms with Crippen molar-refractivity contribution in [3.8, 4) is 11.5 Å². The van der Waals surface area contributed by atoms with Crippen molar-refractivity contribution in [1.29, 1.82) is 0 Å². The maximum atomic E-state index is 15.3. The molecule has 1 saturated carbocycles. The average Bonchev–Trinajstić information content (AvgIpc) is 3.41. The second kappa shape index (κ2) is 7.35. The van der Waals surface area contributed by atoms with Crippen LogP contribution in [-0.2, 0) is 0 Å². The molecule has 30 heavy (non-hydrogen) atoms. The Bertz CT molecular complexity index is 1080. The molecule has 0 spiro atoms. The minimum atomic E-state index is -1.65. The number of rotatable bonds is 5. The third kappa shape index (κ3) is 3.41. The summed E-state index contributed by atoms with van der Waals surface area (Å²) in [5, 5.41) is 19.7. The molecule has 10 heteroatoms. The van der Waals surface area contributed by atoms with Crippen LogP contribution >= 0.6 is 0 Å². The Morgan fingerprint density at radius 1 is 1.37 bits per heavy atom. The fourth-order valence-corrected chi connectivity index (χ4v) is 4.35. The number of ether oxygens (including phenoxy) is 1. The van der Waals surface area contributed by atoms with Gasteiger partial charge in [-0.25, -0.2) is 9.18 Å². The fraction of sp³-hybridized carbons (Fsp3) is 0.500.